The van der Waals surface area contributed by atoms with Gasteiger partial charge in [0, 0.05) is 13.0 Å². The monoisotopic (exact) mass is 273 g/mol. The van der Waals surface area contributed by atoms with E-state index in [0.29, 0.717) is 6.10 Å². The molecule has 1 atom stereocenters. The van der Waals surface area contributed by atoms with Crippen LogP contribution < -0.4 is 10.1 Å². The van der Waals surface area contributed by atoms with Crippen molar-refractivity contribution in [2.24, 2.45) is 0 Å². The molecule has 2 nitrogen and oxygen atoms in total. The third kappa shape index (κ3) is 2.69. The minimum Gasteiger partial charge on any atom is -0.490 e. The third-order valence-electron chi connectivity index (χ3n) is 3.32. The molecule has 0 radical (unpaired) electrons. The molecule has 1 N–H and O–H groups in total. The Morgan fingerprint density at radius 2 is 2.11 bits per heavy atom. The lowest BCUT2D eigenvalue weighted by atomic mass is 10.1. The molecule has 0 aromatic heterocycles. The zero-order chi connectivity index (χ0) is 13.2. The van der Waals surface area contributed by atoms with Crippen molar-refractivity contribution in [3.8, 4) is 5.75 Å². The van der Waals surface area contributed by atoms with Gasteiger partial charge in [-0.2, -0.15) is 0 Å². The second-order valence-corrected chi connectivity index (χ2v) is 5.32. The normalized spacial score (nSPS) is 16.8. The molecule has 0 saturated heterocycles. The fourth-order valence-corrected chi connectivity index (χ4v) is 2.59. The van der Waals surface area contributed by atoms with Crippen molar-refractivity contribution in [2.75, 3.05) is 5.32 Å². The highest BCUT2D eigenvalue weighted by Gasteiger charge is 2.18. The molecule has 0 aliphatic carbocycles. The van der Waals surface area contributed by atoms with Gasteiger partial charge in [-0.1, -0.05) is 35.9 Å². The molecule has 2 aromatic rings. The van der Waals surface area contributed by atoms with Gasteiger partial charge in [-0.05, 0) is 36.2 Å². The first-order valence-electron chi connectivity index (χ1n) is 6.49. The van der Waals surface area contributed by atoms with E-state index in [2.05, 4.69) is 30.4 Å². The number of fused-ring (bicyclic) bond motifs is 1. The molecule has 0 spiro atoms. The largest absolute Gasteiger partial charge is 0.490 e. The number of benzene rings is 2. The van der Waals surface area contributed by atoms with Crippen molar-refractivity contribution in [1.29, 1.82) is 0 Å². The van der Waals surface area contributed by atoms with Gasteiger partial charge >= 0.3 is 0 Å². The zero-order valence-electron chi connectivity index (χ0n) is 10.8. The van der Waals surface area contributed by atoms with Crippen molar-refractivity contribution in [1.82, 2.24) is 0 Å². The maximum absolute atomic E-state index is 6.12. The molecule has 98 valence electrons. The Morgan fingerprint density at radius 1 is 1.26 bits per heavy atom. The van der Waals surface area contributed by atoms with Crippen LogP contribution in [0.15, 0.2) is 42.5 Å². The van der Waals surface area contributed by atoms with Crippen LogP contribution in [-0.4, -0.2) is 6.10 Å². The molecule has 0 bridgehead atoms. The molecule has 3 heteroatoms. The van der Waals surface area contributed by atoms with Crippen LogP contribution in [0.1, 0.15) is 18.1 Å². The number of rotatable bonds is 3. The summed E-state index contributed by atoms with van der Waals surface area (Å²) in [5, 5.41) is 4.11. The van der Waals surface area contributed by atoms with Crippen molar-refractivity contribution in [3.05, 3.63) is 58.6 Å². The lowest BCUT2D eigenvalue weighted by molar-refractivity contribution is 0.254. The second kappa shape index (κ2) is 5.14. The number of para-hydroxylation sites is 1. The number of ether oxygens (including phenoxy) is 1. The Labute approximate surface area is 118 Å². The molecular weight excluding hydrogens is 258 g/mol. The van der Waals surface area contributed by atoms with Crippen molar-refractivity contribution < 1.29 is 4.74 Å². The summed E-state index contributed by atoms with van der Waals surface area (Å²) >= 11 is 6.12. The molecule has 0 unspecified atom stereocenters. The van der Waals surface area contributed by atoms with Crippen LogP contribution in [-0.2, 0) is 13.0 Å². The summed E-state index contributed by atoms with van der Waals surface area (Å²) < 4.78 is 5.70. The quantitative estimate of drug-likeness (QED) is 0.901. The molecule has 0 fully saturated rings. The highest BCUT2D eigenvalue weighted by Crippen LogP contribution is 2.30. The average Bonchev–Trinajstić information content (AvgIpc) is 2.77. The van der Waals surface area contributed by atoms with Crippen LogP contribution in [0, 0.1) is 0 Å². The van der Waals surface area contributed by atoms with Gasteiger partial charge in [-0.15, -0.1) is 0 Å². The third-order valence-corrected chi connectivity index (χ3v) is 3.65. The summed E-state index contributed by atoms with van der Waals surface area (Å²) in [7, 11) is 0. The first-order valence-corrected chi connectivity index (χ1v) is 6.87. The van der Waals surface area contributed by atoms with E-state index in [1.165, 1.54) is 11.1 Å². The van der Waals surface area contributed by atoms with E-state index in [4.69, 9.17) is 16.3 Å². The second-order valence-electron chi connectivity index (χ2n) is 4.91. The van der Waals surface area contributed by atoms with E-state index in [0.717, 1.165) is 29.4 Å². The van der Waals surface area contributed by atoms with E-state index in [-0.39, 0.29) is 0 Å². The first kappa shape index (κ1) is 12.4. The Bertz CT molecular complexity index is 597. The zero-order valence-corrected chi connectivity index (χ0v) is 11.6. The molecule has 0 saturated carbocycles. The average molecular weight is 274 g/mol. The smallest absolute Gasteiger partial charge is 0.123 e. The number of anilines is 1. The van der Waals surface area contributed by atoms with Gasteiger partial charge in [0.2, 0.25) is 0 Å². The maximum Gasteiger partial charge on any atom is 0.123 e. The van der Waals surface area contributed by atoms with E-state index in [1.54, 1.807) is 0 Å². The van der Waals surface area contributed by atoms with Crippen LogP contribution >= 0.6 is 11.6 Å². The Balaban J connectivity index is 1.72. The van der Waals surface area contributed by atoms with Crippen LogP contribution in [0.25, 0.3) is 0 Å². The fraction of sp³-hybridized carbons (Fsp3) is 0.250. The lowest BCUT2D eigenvalue weighted by Gasteiger charge is -2.09. The summed E-state index contributed by atoms with van der Waals surface area (Å²) in [6.07, 6.45) is 1.29. The topological polar surface area (TPSA) is 21.3 Å². The number of halogens is 1. The van der Waals surface area contributed by atoms with E-state index in [1.807, 2.05) is 24.3 Å². The summed E-state index contributed by atoms with van der Waals surface area (Å²) in [4.78, 5) is 0. The molecule has 1 heterocycles. The van der Waals surface area contributed by atoms with Gasteiger partial charge in [0.15, 0.2) is 0 Å². The predicted molar refractivity (Wildman–Crippen MR) is 79.0 cm³/mol. The van der Waals surface area contributed by atoms with E-state index >= 15 is 0 Å². The Kier molecular flexibility index (Phi) is 3.34. The summed E-state index contributed by atoms with van der Waals surface area (Å²) in [6.45, 7) is 2.87. The molecule has 1 aliphatic rings. The SMILES string of the molecule is C[C@@H]1Cc2cc(CNc3ccccc3Cl)ccc2O1. The minimum atomic E-state index is 0.293. The standard InChI is InChI=1S/C16H16ClNO/c1-11-8-13-9-12(6-7-16(13)19-11)10-18-15-5-3-2-4-14(15)17/h2-7,9,11,18H,8,10H2,1H3/t11-/m1/s1. The van der Waals surface area contributed by atoms with Crippen molar-refractivity contribution in [2.45, 2.75) is 26.0 Å². The molecule has 0 amide bonds. The van der Waals surface area contributed by atoms with Crippen LogP contribution in [0.4, 0.5) is 5.69 Å². The highest BCUT2D eigenvalue weighted by molar-refractivity contribution is 6.33. The highest BCUT2D eigenvalue weighted by atomic mass is 35.5. The molecular formula is C16H16ClNO. The van der Waals surface area contributed by atoms with Gasteiger partial charge in [-0.25, -0.2) is 0 Å². The van der Waals surface area contributed by atoms with Crippen LogP contribution in [0.2, 0.25) is 5.02 Å². The van der Waals surface area contributed by atoms with Crippen molar-refractivity contribution in [3.63, 3.8) is 0 Å². The van der Waals surface area contributed by atoms with Crippen LogP contribution in [0.5, 0.6) is 5.75 Å². The lowest BCUT2D eigenvalue weighted by Crippen LogP contribution is -2.05. The van der Waals surface area contributed by atoms with Gasteiger partial charge < -0.3 is 10.1 Å². The van der Waals surface area contributed by atoms with Gasteiger partial charge in [0.1, 0.15) is 11.9 Å². The number of hydrogen-bond donors (Lipinski definition) is 1. The predicted octanol–water partition coefficient (Wildman–Crippen LogP) is 4.28. The summed E-state index contributed by atoms with van der Waals surface area (Å²) in [5.74, 6) is 1.02. The van der Waals surface area contributed by atoms with E-state index in [9.17, 15) is 0 Å². The van der Waals surface area contributed by atoms with Gasteiger partial charge in [-0.3, -0.25) is 0 Å². The molecule has 3 rings (SSSR count). The van der Waals surface area contributed by atoms with Gasteiger partial charge in [0.25, 0.3) is 0 Å². The Morgan fingerprint density at radius 3 is 2.95 bits per heavy atom. The number of nitrogens with one attached hydrogen (secondary N) is 1. The minimum absolute atomic E-state index is 0.293. The van der Waals surface area contributed by atoms with Gasteiger partial charge in [0.05, 0.1) is 10.7 Å². The van der Waals surface area contributed by atoms with E-state index < -0.39 is 0 Å². The molecule has 1 aliphatic heterocycles. The molecule has 19 heavy (non-hydrogen) atoms. The maximum atomic E-state index is 6.12. The summed E-state index contributed by atoms with van der Waals surface area (Å²) in [5.41, 5.74) is 3.51. The molecule has 2 aromatic carbocycles. The summed E-state index contributed by atoms with van der Waals surface area (Å²) in [6, 6.07) is 14.2. The fourth-order valence-electron chi connectivity index (χ4n) is 2.39. The number of hydrogen-bond acceptors (Lipinski definition) is 2. The van der Waals surface area contributed by atoms with Crippen molar-refractivity contribution >= 4 is 17.3 Å². The first-order chi connectivity index (χ1) is 9.22. The van der Waals surface area contributed by atoms with Crippen LogP contribution in [0.3, 0.4) is 0 Å². The Hall–Kier alpha value is -1.67.